The lowest BCUT2D eigenvalue weighted by Gasteiger charge is -2.28. The van der Waals surface area contributed by atoms with Gasteiger partial charge in [-0.25, -0.2) is 0 Å². The molecule has 1 unspecified atom stereocenters. The number of hydrogen-bond acceptors (Lipinski definition) is 3. The molecule has 3 N–H and O–H groups in total. The van der Waals surface area contributed by atoms with Crippen LogP contribution in [0, 0.1) is 5.92 Å². The second-order valence-corrected chi connectivity index (χ2v) is 5.79. The van der Waals surface area contributed by atoms with Crippen molar-refractivity contribution in [1.29, 1.82) is 0 Å². The molecule has 1 aliphatic rings. The van der Waals surface area contributed by atoms with Gasteiger partial charge in [0.1, 0.15) is 0 Å². The van der Waals surface area contributed by atoms with E-state index in [2.05, 4.69) is 10.6 Å². The van der Waals surface area contributed by atoms with Gasteiger partial charge in [0, 0.05) is 17.7 Å². The molecule has 1 saturated carbocycles. The SMILES string of the molecule is CCC(=O)Nc1cccc(C(=O)NC(C)(CO)C2CC2)c1. The molecule has 2 amide bonds. The van der Waals surface area contributed by atoms with Crippen molar-refractivity contribution in [3.05, 3.63) is 29.8 Å². The number of hydrogen-bond donors (Lipinski definition) is 3. The van der Waals surface area contributed by atoms with Gasteiger partial charge in [0.25, 0.3) is 5.91 Å². The molecule has 1 aromatic rings. The minimum Gasteiger partial charge on any atom is -0.394 e. The van der Waals surface area contributed by atoms with Gasteiger partial charge in [0.15, 0.2) is 0 Å². The van der Waals surface area contributed by atoms with Crippen molar-refractivity contribution in [2.24, 2.45) is 5.92 Å². The van der Waals surface area contributed by atoms with Gasteiger partial charge in [-0.15, -0.1) is 0 Å². The van der Waals surface area contributed by atoms with Crippen LogP contribution in [-0.4, -0.2) is 29.1 Å². The summed E-state index contributed by atoms with van der Waals surface area (Å²) >= 11 is 0. The van der Waals surface area contributed by atoms with Crippen molar-refractivity contribution >= 4 is 17.5 Å². The maximum atomic E-state index is 12.3. The molecular weight excluding hydrogens is 268 g/mol. The third kappa shape index (κ3) is 3.82. The van der Waals surface area contributed by atoms with E-state index in [4.69, 9.17) is 0 Å². The number of carbonyl (C=O) groups excluding carboxylic acids is 2. The highest BCUT2D eigenvalue weighted by Crippen LogP contribution is 2.39. The number of aliphatic hydroxyl groups is 1. The molecule has 1 aliphatic carbocycles. The van der Waals surface area contributed by atoms with Crippen molar-refractivity contribution in [2.45, 2.75) is 38.6 Å². The Morgan fingerprint density at radius 1 is 1.38 bits per heavy atom. The van der Waals surface area contributed by atoms with Crippen molar-refractivity contribution in [2.75, 3.05) is 11.9 Å². The highest BCUT2D eigenvalue weighted by atomic mass is 16.3. The second-order valence-electron chi connectivity index (χ2n) is 5.79. The van der Waals surface area contributed by atoms with E-state index in [0.717, 1.165) is 12.8 Å². The lowest BCUT2D eigenvalue weighted by molar-refractivity contribution is -0.115. The van der Waals surface area contributed by atoms with Crippen LogP contribution < -0.4 is 10.6 Å². The van der Waals surface area contributed by atoms with Crippen LogP contribution in [0.25, 0.3) is 0 Å². The zero-order chi connectivity index (χ0) is 15.5. The summed E-state index contributed by atoms with van der Waals surface area (Å²) in [6.45, 7) is 3.56. The zero-order valence-corrected chi connectivity index (χ0v) is 12.5. The number of anilines is 1. The van der Waals surface area contributed by atoms with Crippen LogP contribution in [0.15, 0.2) is 24.3 Å². The van der Waals surface area contributed by atoms with Gasteiger partial charge in [0.2, 0.25) is 5.91 Å². The third-order valence-electron chi connectivity index (χ3n) is 3.94. The Morgan fingerprint density at radius 2 is 2.10 bits per heavy atom. The van der Waals surface area contributed by atoms with Gasteiger partial charge >= 0.3 is 0 Å². The van der Waals surface area contributed by atoms with E-state index in [1.165, 1.54) is 0 Å². The van der Waals surface area contributed by atoms with Crippen LogP contribution >= 0.6 is 0 Å². The van der Waals surface area contributed by atoms with Gasteiger partial charge in [-0.05, 0) is 43.9 Å². The number of benzene rings is 1. The Labute approximate surface area is 124 Å². The first-order valence-corrected chi connectivity index (χ1v) is 7.32. The van der Waals surface area contributed by atoms with Crippen molar-refractivity contribution in [3.8, 4) is 0 Å². The molecule has 1 atom stereocenters. The Morgan fingerprint density at radius 3 is 2.67 bits per heavy atom. The zero-order valence-electron chi connectivity index (χ0n) is 12.5. The summed E-state index contributed by atoms with van der Waals surface area (Å²) in [7, 11) is 0. The normalized spacial score (nSPS) is 16.9. The Balaban J connectivity index is 2.08. The van der Waals surface area contributed by atoms with Crippen LogP contribution in [-0.2, 0) is 4.79 Å². The topological polar surface area (TPSA) is 78.4 Å². The van der Waals surface area contributed by atoms with Crippen LogP contribution in [0.2, 0.25) is 0 Å². The van der Waals surface area contributed by atoms with Crippen molar-refractivity contribution < 1.29 is 14.7 Å². The molecule has 114 valence electrons. The molecule has 0 radical (unpaired) electrons. The lowest BCUT2D eigenvalue weighted by Crippen LogP contribution is -2.50. The van der Waals surface area contributed by atoms with E-state index < -0.39 is 5.54 Å². The molecule has 0 saturated heterocycles. The first-order chi connectivity index (χ1) is 9.98. The fourth-order valence-corrected chi connectivity index (χ4v) is 2.31. The maximum Gasteiger partial charge on any atom is 0.251 e. The number of rotatable bonds is 6. The molecule has 0 aliphatic heterocycles. The van der Waals surface area contributed by atoms with Crippen LogP contribution in [0.4, 0.5) is 5.69 Å². The molecule has 2 rings (SSSR count). The van der Waals surface area contributed by atoms with Gasteiger partial charge < -0.3 is 15.7 Å². The molecule has 0 heterocycles. The fraction of sp³-hybridized carbons (Fsp3) is 0.500. The molecule has 1 aromatic carbocycles. The second kappa shape index (κ2) is 6.26. The summed E-state index contributed by atoms with van der Waals surface area (Å²) in [4.78, 5) is 23.7. The maximum absolute atomic E-state index is 12.3. The molecule has 1 fully saturated rings. The van der Waals surface area contributed by atoms with Crippen LogP contribution in [0.1, 0.15) is 43.5 Å². The van der Waals surface area contributed by atoms with E-state index in [9.17, 15) is 14.7 Å². The number of amides is 2. The minimum absolute atomic E-state index is 0.0737. The standard InChI is InChI=1S/C16H22N2O3/c1-3-14(20)17-13-6-4-5-11(9-13)15(21)18-16(2,10-19)12-7-8-12/h4-6,9,12,19H,3,7-8,10H2,1-2H3,(H,17,20)(H,18,21). The number of nitrogens with one attached hydrogen (secondary N) is 2. The number of carbonyl (C=O) groups is 2. The molecule has 0 spiro atoms. The highest BCUT2D eigenvalue weighted by molar-refractivity contribution is 5.97. The molecule has 5 nitrogen and oxygen atoms in total. The number of aliphatic hydroxyl groups excluding tert-OH is 1. The average Bonchev–Trinajstić information content (AvgIpc) is 3.32. The van der Waals surface area contributed by atoms with E-state index in [1.807, 2.05) is 6.92 Å². The van der Waals surface area contributed by atoms with Crippen LogP contribution in [0.3, 0.4) is 0 Å². The predicted molar refractivity (Wildman–Crippen MR) is 81.0 cm³/mol. The summed E-state index contributed by atoms with van der Waals surface area (Å²) in [6.07, 6.45) is 2.45. The fourth-order valence-electron chi connectivity index (χ4n) is 2.31. The molecular formula is C16H22N2O3. The van der Waals surface area contributed by atoms with Gasteiger partial charge in [0.05, 0.1) is 12.1 Å². The van der Waals surface area contributed by atoms with Gasteiger partial charge in [-0.1, -0.05) is 13.0 Å². The quantitative estimate of drug-likeness (QED) is 0.749. The molecule has 0 aromatic heterocycles. The smallest absolute Gasteiger partial charge is 0.251 e. The third-order valence-corrected chi connectivity index (χ3v) is 3.94. The lowest BCUT2D eigenvalue weighted by atomic mass is 9.96. The summed E-state index contributed by atoms with van der Waals surface area (Å²) in [5, 5.41) is 15.2. The van der Waals surface area contributed by atoms with E-state index in [1.54, 1.807) is 31.2 Å². The predicted octanol–water partition coefficient (Wildman–Crippen LogP) is 1.93. The monoisotopic (exact) mass is 290 g/mol. The Hall–Kier alpha value is -1.88. The summed E-state index contributed by atoms with van der Waals surface area (Å²) < 4.78 is 0. The van der Waals surface area contributed by atoms with E-state index in [0.29, 0.717) is 23.6 Å². The molecule has 0 bridgehead atoms. The summed E-state index contributed by atoms with van der Waals surface area (Å²) in [6, 6.07) is 6.82. The van der Waals surface area contributed by atoms with Crippen LogP contribution in [0.5, 0.6) is 0 Å². The van der Waals surface area contributed by atoms with Crippen molar-refractivity contribution in [1.82, 2.24) is 5.32 Å². The summed E-state index contributed by atoms with van der Waals surface area (Å²) in [5.74, 6) is 0.0196. The first-order valence-electron chi connectivity index (χ1n) is 7.32. The molecule has 21 heavy (non-hydrogen) atoms. The van der Waals surface area contributed by atoms with Gasteiger partial charge in [-0.2, -0.15) is 0 Å². The summed E-state index contributed by atoms with van der Waals surface area (Å²) in [5.41, 5.74) is 0.510. The van der Waals surface area contributed by atoms with E-state index >= 15 is 0 Å². The Bertz CT molecular complexity index is 540. The Kier molecular flexibility index (Phi) is 4.63. The average molecular weight is 290 g/mol. The molecule has 5 heteroatoms. The highest BCUT2D eigenvalue weighted by Gasteiger charge is 2.42. The largest absolute Gasteiger partial charge is 0.394 e. The van der Waals surface area contributed by atoms with Crippen molar-refractivity contribution in [3.63, 3.8) is 0 Å². The van der Waals surface area contributed by atoms with Gasteiger partial charge in [-0.3, -0.25) is 9.59 Å². The first kappa shape index (κ1) is 15.5. The van der Waals surface area contributed by atoms with E-state index in [-0.39, 0.29) is 18.4 Å². The minimum atomic E-state index is -0.570.